The number of nitrogens with one attached hydrogen (secondary N) is 2. The molecule has 0 aliphatic heterocycles. The highest BCUT2D eigenvalue weighted by Crippen LogP contribution is 2.21. The molecule has 112 valence electrons. The molecule has 0 aliphatic rings. The van der Waals surface area contributed by atoms with Gasteiger partial charge in [0.15, 0.2) is 5.13 Å². The van der Waals surface area contributed by atoms with Crippen LogP contribution in [0.5, 0.6) is 0 Å². The van der Waals surface area contributed by atoms with Crippen LogP contribution < -0.4 is 10.6 Å². The quantitative estimate of drug-likeness (QED) is 0.753. The van der Waals surface area contributed by atoms with Crippen LogP contribution in [0.3, 0.4) is 0 Å². The largest absolute Gasteiger partial charge is 0.480 e. The number of carboxylic acid groups (broad SMARTS) is 1. The molecule has 0 bridgehead atoms. The van der Waals surface area contributed by atoms with Crippen molar-refractivity contribution >= 4 is 28.5 Å². The fraction of sp³-hybridized carbons (Fsp3) is 0.615. The van der Waals surface area contributed by atoms with Gasteiger partial charge < -0.3 is 10.4 Å². The maximum atomic E-state index is 11.8. The number of rotatable bonds is 6. The molecule has 0 aromatic carbocycles. The third-order valence-electron chi connectivity index (χ3n) is 3.10. The van der Waals surface area contributed by atoms with Gasteiger partial charge in [0.05, 0.1) is 5.69 Å². The fourth-order valence-electron chi connectivity index (χ4n) is 1.57. The number of urea groups is 1. The molecule has 0 fully saturated rings. The average molecular weight is 299 g/mol. The van der Waals surface area contributed by atoms with E-state index in [-0.39, 0.29) is 11.8 Å². The maximum Gasteiger partial charge on any atom is 0.326 e. The Morgan fingerprint density at radius 3 is 2.50 bits per heavy atom. The standard InChI is InChI=1S/C13H21N3O3S/c1-5-8(4)10(11(17)18)15-12(19)16-13-14-9(6-20-13)7(2)3/h6-8,10H,5H2,1-4H3,(H,17,18)(H2,14,15,16,19). The molecule has 2 atom stereocenters. The highest BCUT2D eigenvalue weighted by Gasteiger charge is 2.25. The Labute approximate surface area is 122 Å². The minimum atomic E-state index is -1.03. The van der Waals surface area contributed by atoms with Crippen molar-refractivity contribution in [3.8, 4) is 0 Å². The second-order valence-corrected chi connectivity index (χ2v) is 5.89. The minimum Gasteiger partial charge on any atom is -0.480 e. The van der Waals surface area contributed by atoms with Crippen molar-refractivity contribution in [1.82, 2.24) is 10.3 Å². The Hall–Kier alpha value is -1.63. The summed E-state index contributed by atoms with van der Waals surface area (Å²) in [4.78, 5) is 27.2. The first kappa shape index (κ1) is 16.4. The van der Waals surface area contributed by atoms with Crippen LogP contribution in [-0.4, -0.2) is 28.1 Å². The topological polar surface area (TPSA) is 91.3 Å². The Kier molecular flexibility index (Phi) is 5.94. The number of carboxylic acids is 1. The van der Waals surface area contributed by atoms with Crippen molar-refractivity contribution in [2.24, 2.45) is 5.92 Å². The van der Waals surface area contributed by atoms with Crippen molar-refractivity contribution in [3.05, 3.63) is 11.1 Å². The van der Waals surface area contributed by atoms with Gasteiger partial charge in [0.1, 0.15) is 6.04 Å². The van der Waals surface area contributed by atoms with Gasteiger partial charge in [-0.2, -0.15) is 0 Å². The van der Waals surface area contributed by atoms with Crippen LogP contribution in [0.15, 0.2) is 5.38 Å². The first-order valence-electron chi connectivity index (χ1n) is 6.60. The summed E-state index contributed by atoms with van der Waals surface area (Å²) < 4.78 is 0. The lowest BCUT2D eigenvalue weighted by Gasteiger charge is -2.19. The van der Waals surface area contributed by atoms with Crippen LogP contribution >= 0.6 is 11.3 Å². The number of nitrogens with zero attached hydrogens (tertiary/aromatic N) is 1. The van der Waals surface area contributed by atoms with E-state index in [4.69, 9.17) is 5.11 Å². The van der Waals surface area contributed by atoms with Gasteiger partial charge in [0, 0.05) is 5.38 Å². The summed E-state index contributed by atoms with van der Waals surface area (Å²) in [5.41, 5.74) is 0.905. The van der Waals surface area contributed by atoms with E-state index < -0.39 is 18.0 Å². The zero-order valence-corrected chi connectivity index (χ0v) is 13.0. The molecule has 0 radical (unpaired) electrons. The lowest BCUT2D eigenvalue weighted by molar-refractivity contribution is -0.140. The number of aliphatic carboxylic acids is 1. The molecule has 0 aliphatic carbocycles. The number of amides is 2. The number of carbonyl (C=O) groups is 2. The maximum absolute atomic E-state index is 11.8. The van der Waals surface area contributed by atoms with Gasteiger partial charge in [-0.15, -0.1) is 11.3 Å². The molecule has 6 nitrogen and oxygen atoms in total. The summed E-state index contributed by atoms with van der Waals surface area (Å²) in [6.45, 7) is 7.71. The summed E-state index contributed by atoms with van der Waals surface area (Å²) in [6, 6.07) is -1.44. The summed E-state index contributed by atoms with van der Waals surface area (Å²) >= 11 is 1.33. The molecule has 1 aromatic heterocycles. The van der Waals surface area contributed by atoms with Gasteiger partial charge in [-0.05, 0) is 11.8 Å². The molecule has 20 heavy (non-hydrogen) atoms. The lowest BCUT2D eigenvalue weighted by atomic mass is 10.00. The third-order valence-corrected chi connectivity index (χ3v) is 3.88. The molecule has 3 N–H and O–H groups in total. The first-order valence-corrected chi connectivity index (χ1v) is 7.48. The number of hydrogen-bond donors (Lipinski definition) is 3. The van der Waals surface area contributed by atoms with Crippen molar-refractivity contribution in [3.63, 3.8) is 0 Å². The zero-order valence-electron chi connectivity index (χ0n) is 12.1. The van der Waals surface area contributed by atoms with E-state index in [1.807, 2.05) is 26.2 Å². The zero-order chi connectivity index (χ0) is 15.3. The summed E-state index contributed by atoms with van der Waals surface area (Å²) in [6.07, 6.45) is 0.673. The third kappa shape index (κ3) is 4.48. The summed E-state index contributed by atoms with van der Waals surface area (Å²) in [5.74, 6) is -0.881. The van der Waals surface area contributed by atoms with Crippen molar-refractivity contribution < 1.29 is 14.7 Å². The van der Waals surface area contributed by atoms with Crippen molar-refractivity contribution in [2.45, 2.75) is 46.1 Å². The Morgan fingerprint density at radius 1 is 1.40 bits per heavy atom. The highest BCUT2D eigenvalue weighted by atomic mass is 32.1. The number of thiazole rings is 1. The molecule has 1 rings (SSSR count). The molecule has 7 heteroatoms. The molecule has 1 aromatic rings. The minimum absolute atomic E-state index is 0.138. The number of aromatic nitrogens is 1. The smallest absolute Gasteiger partial charge is 0.326 e. The van der Waals surface area contributed by atoms with Gasteiger partial charge in [-0.1, -0.05) is 34.1 Å². The highest BCUT2D eigenvalue weighted by molar-refractivity contribution is 7.13. The van der Waals surface area contributed by atoms with Gasteiger partial charge in [0.2, 0.25) is 0 Å². The lowest BCUT2D eigenvalue weighted by Crippen LogP contribution is -2.46. The molecule has 2 amide bonds. The molecule has 1 heterocycles. The van der Waals surface area contributed by atoms with Crippen LogP contribution in [0.1, 0.15) is 45.7 Å². The molecular formula is C13H21N3O3S. The van der Waals surface area contributed by atoms with Crippen molar-refractivity contribution in [1.29, 1.82) is 0 Å². The van der Waals surface area contributed by atoms with Gasteiger partial charge >= 0.3 is 12.0 Å². The van der Waals surface area contributed by atoms with E-state index in [9.17, 15) is 9.59 Å². The van der Waals surface area contributed by atoms with E-state index in [2.05, 4.69) is 15.6 Å². The monoisotopic (exact) mass is 299 g/mol. The first-order chi connectivity index (χ1) is 9.35. The van der Waals surface area contributed by atoms with Gasteiger partial charge in [0.25, 0.3) is 0 Å². The molecule has 0 saturated carbocycles. The Bertz CT molecular complexity index is 473. The summed E-state index contributed by atoms with van der Waals surface area (Å²) in [7, 11) is 0. The van der Waals surface area contributed by atoms with E-state index in [0.29, 0.717) is 11.6 Å². The Balaban J connectivity index is 2.63. The molecule has 2 unspecified atom stereocenters. The second kappa shape index (κ2) is 7.23. The average Bonchev–Trinajstić information content (AvgIpc) is 2.83. The van der Waals surface area contributed by atoms with E-state index >= 15 is 0 Å². The number of hydrogen-bond acceptors (Lipinski definition) is 4. The predicted octanol–water partition coefficient (Wildman–Crippen LogP) is 2.89. The van der Waals surface area contributed by atoms with E-state index in [1.165, 1.54) is 11.3 Å². The van der Waals surface area contributed by atoms with Crippen LogP contribution in [0.2, 0.25) is 0 Å². The Morgan fingerprint density at radius 2 is 2.05 bits per heavy atom. The van der Waals surface area contributed by atoms with E-state index in [0.717, 1.165) is 5.69 Å². The normalized spacial score (nSPS) is 13.8. The van der Waals surface area contributed by atoms with Gasteiger partial charge in [-0.3, -0.25) is 5.32 Å². The summed E-state index contributed by atoms with van der Waals surface area (Å²) in [5, 5.41) is 16.5. The second-order valence-electron chi connectivity index (χ2n) is 5.03. The van der Waals surface area contributed by atoms with Crippen molar-refractivity contribution in [2.75, 3.05) is 5.32 Å². The molecule has 0 saturated heterocycles. The SMILES string of the molecule is CCC(C)C(NC(=O)Nc1nc(C(C)C)cs1)C(=O)O. The number of carbonyl (C=O) groups excluding carboxylic acids is 1. The van der Waals surface area contributed by atoms with Crippen LogP contribution in [0, 0.1) is 5.92 Å². The van der Waals surface area contributed by atoms with Crippen LogP contribution in [0.25, 0.3) is 0 Å². The van der Waals surface area contributed by atoms with Crippen LogP contribution in [0.4, 0.5) is 9.93 Å². The fourth-order valence-corrected chi connectivity index (χ4v) is 2.43. The van der Waals surface area contributed by atoms with Gasteiger partial charge in [-0.25, -0.2) is 14.6 Å². The predicted molar refractivity (Wildman–Crippen MR) is 79.2 cm³/mol. The van der Waals surface area contributed by atoms with Crippen LogP contribution in [-0.2, 0) is 4.79 Å². The van der Waals surface area contributed by atoms with E-state index in [1.54, 1.807) is 6.92 Å². The number of anilines is 1. The molecular weight excluding hydrogens is 278 g/mol. The molecule has 0 spiro atoms.